The second kappa shape index (κ2) is 11.0. The minimum atomic E-state index is -0.519. The lowest BCUT2D eigenvalue weighted by molar-refractivity contribution is -0.143. The largest absolute Gasteiger partial charge is 0.484 e. The maximum absolute atomic E-state index is 13.3. The Balaban J connectivity index is 1.76. The molecule has 0 aromatic heterocycles. The number of hydrogen-bond acceptors (Lipinski definition) is 3. The van der Waals surface area contributed by atoms with E-state index in [1.807, 2.05) is 69.3 Å². The Kier molecular flexibility index (Phi) is 8.10. The predicted octanol–water partition coefficient (Wildman–Crippen LogP) is 4.55. The Morgan fingerprint density at radius 3 is 2.39 bits per heavy atom. The second-order valence-corrected chi connectivity index (χ2v) is 8.48. The first-order chi connectivity index (χ1) is 15.0. The zero-order valence-corrected chi connectivity index (χ0v) is 18.9. The Morgan fingerprint density at radius 1 is 1.06 bits per heavy atom. The van der Waals surface area contributed by atoms with E-state index in [0.29, 0.717) is 18.7 Å². The van der Waals surface area contributed by atoms with E-state index in [1.54, 1.807) is 4.90 Å². The molecule has 0 aliphatic heterocycles. The van der Waals surface area contributed by atoms with Crippen LogP contribution in [0.4, 0.5) is 0 Å². The van der Waals surface area contributed by atoms with Crippen LogP contribution in [0.3, 0.4) is 0 Å². The summed E-state index contributed by atoms with van der Waals surface area (Å²) in [5.41, 5.74) is 3.14. The molecule has 1 fully saturated rings. The van der Waals surface area contributed by atoms with Gasteiger partial charge in [0.15, 0.2) is 6.61 Å². The SMILES string of the molecule is CC[C@@H](C(=O)NC1CCCC1)N(Cc1ccc(C)cc1)C(=O)COc1ccccc1C. The summed E-state index contributed by atoms with van der Waals surface area (Å²) >= 11 is 0. The summed E-state index contributed by atoms with van der Waals surface area (Å²) in [5.74, 6) is 0.442. The van der Waals surface area contributed by atoms with E-state index in [1.165, 1.54) is 0 Å². The van der Waals surface area contributed by atoms with Crippen molar-refractivity contribution < 1.29 is 14.3 Å². The zero-order valence-electron chi connectivity index (χ0n) is 18.9. The van der Waals surface area contributed by atoms with Crippen molar-refractivity contribution in [1.82, 2.24) is 10.2 Å². The van der Waals surface area contributed by atoms with Crippen LogP contribution in [-0.2, 0) is 16.1 Å². The molecule has 0 spiro atoms. The predicted molar refractivity (Wildman–Crippen MR) is 123 cm³/mol. The van der Waals surface area contributed by atoms with Gasteiger partial charge >= 0.3 is 0 Å². The fourth-order valence-corrected chi connectivity index (χ4v) is 4.12. The third-order valence-corrected chi connectivity index (χ3v) is 6.01. The molecular weight excluding hydrogens is 388 g/mol. The number of nitrogens with one attached hydrogen (secondary N) is 1. The van der Waals surface area contributed by atoms with Crippen molar-refractivity contribution >= 4 is 11.8 Å². The molecule has 1 saturated carbocycles. The Labute approximate surface area is 185 Å². The van der Waals surface area contributed by atoms with Gasteiger partial charge in [0, 0.05) is 12.6 Å². The van der Waals surface area contributed by atoms with Crippen LogP contribution >= 0.6 is 0 Å². The fraction of sp³-hybridized carbons (Fsp3) is 0.462. The molecule has 166 valence electrons. The van der Waals surface area contributed by atoms with E-state index in [9.17, 15) is 9.59 Å². The molecule has 0 bridgehead atoms. The molecule has 0 heterocycles. The highest BCUT2D eigenvalue weighted by Crippen LogP contribution is 2.20. The van der Waals surface area contributed by atoms with Crippen LogP contribution in [0.2, 0.25) is 0 Å². The molecule has 5 heteroatoms. The number of carbonyl (C=O) groups is 2. The van der Waals surface area contributed by atoms with E-state index < -0.39 is 6.04 Å². The topological polar surface area (TPSA) is 58.6 Å². The monoisotopic (exact) mass is 422 g/mol. The zero-order chi connectivity index (χ0) is 22.2. The lowest BCUT2D eigenvalue weighted by atomic mass is 10.1. The average molecular weight is 423 g/mol. The molecule has 0 unspecified atom stereocenters. The van der Waals surface area contributed by atoms with E-state index >= 15 is 0 Å². The van der Waals surface area contributed by atoms with Crippen LogP contribution in [-0.4, -0.2) is 35.4 Å². The maximum atomic E-state index is 13.3. The summed E-state index contributed by atoms with van der Waals surface area (Å²) in [6.45, 7) is 6.23. The van der Waals surface area contributed by atoms with Crippen LogP contribution in [0.5, 0.6) is 5.75 Å². The van der Waals surface area contributed by atoms with Crippen LogP contribution in [0.1, 0.15) is 55.7 Å². The van der Waals surface area contributed by atoms with Crippen molar-refractivity contribution in [2.75, 3.05) is 6.61 Å². The van der Waals surface area contributed by atoms with E-state index in [2.05, 4.69) is 5.32 Å². The van der Waals surface area contributed by atoms with Gasteiger partial charge in [0.05, 0.1) is 0 Å². The summed E-state index contributed by atoms with van der Waals surface area (Å²) in [5, 5.41) is 3.17. The number of hydrogen-bond donors (Lipinski definition) is 1. The van der Waals surface area contributed by atoms with E-state index in [-0.39, 0.29) is 24.5 Å². The van der Waals surface area contributed by atoms with Gasteiger partial charge in [0.25, 0.3) is 5.91 Å². The summed E-state index contributed by atoms with van der Waals surface area (Å²) in [7, 11) is 0. The first-order valence-electron chi connectivity index (χ1n) is 11.3. The normalized spacial score (nSPS) is 14.8. The third-order valence-electron chi connectivity index (χ3n) is 6.01. The number of aryl methyl sites for hydroxylation is 2. The van der Waals surface area contributed by atoms with E-state index in [0.717, 1.165) is 42.4 Å². The first kappa shape index (κ1) is 22.9. The molecule has 3 rings (SSSR count). The number of para-hydroxylation sites is 1. The average Bonchev–Trinajstić information content (AvgIpc) is 3.27. The van der Waals surface area contributed by atoms with Crippen LogP contribution in [0.15, 0.2) is 48.5 Å². The van der Waals surface area contributed by atoms with Crippen molar-refractivity contribution in [3.63, 3.8) is 0 Å². The molecule has 5 nitrogen and oxygen atoms in total. The molecule has 31 heavy (non-hydrogen) atoms. The molecule has 1 aliphatic rings. The number of nitrogens with zero attached hydrogens (tertiary/aromatic N) is 1. The standard InChI is InChI=1S/C26H34N2O3/c1-4-23(26(30)27-22-10-6-7-11-22)28(17-21-15-13-19(2)14-16-21)25(29)18-31-24-12-8-5-9-20(24)3/h5,8-9,12-16,22-23H,4,6-7,10-11,17-18H2,1-3H3,(H,27,30)/t23-/m0/s1. The molecule has 1 N–H and O–H groups in total. The highest BCUT2D eigenvalue weighted by Gasteiger charge is 2.30. The number of benzene rings is 2. The van der Waals surface area contributed by atoms with Crippen molar-refractivity contribution in [3.05, 3.63) is 65.2 Å². The van der Waals surface area contributed by atoms with Gasteiger partial charge in [-0.05, 0) is 50.3 Å². The van der Waals surface area contributed by atoms with Gasteiger partial charge < -0.3 is 15.0 Å². The highest BCUT2D eigenvalue weighted by atomic mass is 16.5. The third kappa shape index (κ3) is 6.33. The Hall–Kier alpha value is -2.82. The van der Waals surface area contributed by atoms with Gasteiger partial charge in [-0.3, -0.25) is 9.59 Å². The quantitative estimate of drug-likeness (QED) is 0.645. The summed E-state index contributed by atoms with van der Waals surface area (Å²) in [6, 6.07) is 15.4. The molecule has 2 aromatic carbocycles. The minimum Gasteiger partial charge on any atom is -0.484 e. The molecule has 1 atom stereocenters. The summed E-state index contributed by atoms with van der Waals surface area (Å²) in [6.07, 6.45) is 4.89. The second-order valence-electron chi connectivity index (χ2n) is 8.48. The minimum absolute atomic E-state index is 0.0641. The molecule has 1 aliphatic carbocycles. The van der Waals surface area contributed by atoms with Crippen LogP contribution in [0, 0.1) is 13.8 Å². The first-order valence-corrected chi connectivity index (χ1v) is 11.3. The van der Waals surface area contributed by atoms with Crippen molar-refractivity contribution in [2.45, 2.75) is 71.5 Å². The molecule has 2 amide bonds. The van der Waals surface area contributed by atoms with Gasteiger partial charge in [0.2, 0.25) is 5.91 Å². The number of amides is 2. The van der Waals surface area contributed by atoms with Gasteiger partial charge in [-0.2, -0.15) is 0 Å². The lowest BCUT2D eigenvalue weighted by Gasteiger charge is -2.31. The maximum Gasteiger partial charge on any atom is 0.261 e. The van der Waals surface area contributed by atoms with Gasteiger partial charge in [0.1, 0.15) is 11.8 Å². The van der Waals surface area contributed by atoms with Crippen LogP contribution in [0.25, 0.3) is 0 Å². The Bertz CT molecular complexity index is 872. The van der Waals surface area contributed by atoms with Gasteiger partial charge in [-0.15, -0.1) is 0 Å². The summed E-state index contributed by atoms with van der Waals surface area (Å²) < 4.78 is 5.82. The summed E-state index contributed by atoms with van der Waals surface area (Å²) in [4.78, 5) is 28.0. The molecule has 0 radical (unpaired) electrons. The number of ether oxygens (including phenoxy) is 1. The van der Waals surface area contributed by atoms with E-state index in [4.69, 9.17) is 4.74 Å². The van der Waals surface area contributed by atoms with Crippen LogP contribution < -0.4 is 10.1 Å². The Morgan fingerprint density at radius 2 is 1.74 bits per heavy atom. The fourth-order valence-electron chi connectivity index (χ4n) is 4.12. The van der Waals surface area contributed by atoms with Crippen molar-refractivity contribution in [2.24, 2.45) is 0 Å². The van der Waals surface area contributed by atoms with Crippen molar-refractivity contribution in [1.29, 1.82) is 0 Å². The van der Waals surface area contributed by atoms with Gasteiger partial charge in [-0.1, -0.05) is 67.8 Å². The van der Waals surface area contributed by atoms with Gasteiger partial charge in [-0.25, -0.2) is 0 Å². The number of rotatable bonds is 9. The lowest BCUT2D eigenvalue weighted by Crippen LogP contribution is -2.52. The highest BCUT2D eigenvalue weighted by molar-refractivity contribution is 5.88. The van der Waals surface area contributed by atoms with Crippen molar-refractivity contribution in [3.8, 4) is 5.75 Å². The smallest absolute Gasteiger partial charge is 0.261 e. The number of carbonyl (C=O) groups excluding carboxylic acids is 2. The molecular formula is C26H34N2O3. The molecule has 0 saturated heterocycles. The molecule has 2 aromatic rings.